The Kier molecular flexibility index (Phi) is 5.47. The Bertz CT molecular complexity index is 901. The van der Waals surface area contributed by atoms with Gasteiger partial charge in [-0.15, -0.1) is 10.2 Å². The summed E-state index contributed by atoms with van der Waals surface area (Å²) in [4.78, 5) is 12.0. The second-order valence-electron chi connectivity index (χ2n) is 5.00. The van der Waals surface area contributed by atoms with Crippen LogP contribution in [0.3, 0.4) is 0 Å². The summed E-state index contributed by atoms with van der Waals surface area (Å²) in [5, 5.41) is 12.2. The Hall–Kier alpha value is -2.22. The molecule has 6 nitrogen and oxygen atoms in total. The maximum Gasteiger partial charge on any atom is 0.234 e. The molecule has 3 N–H and O–H groups in total. The van der Waals surface area contributed by atoms with Crippen LogP contribution in [0.4, 0.5) is 5.69 Å². The van der Waals surface area contributed by atoms with Crippen molar-refractivity contribution >= 4 is 46.6 Å². The van der Waals surface area contributed by atoms with Crippen LogP contribution in [0.5, 0.6) is 0 Å². The highest BCUT2D eigenvalue weighted by atomic mass is 35.5. The number of aromatic nitrogens is 3. The first kappa shape index (κ1) is 17.6. The number of hydrogen-bond donors (Lipinski definition) is 2. The van der Waals surface area contributed by atoms with Gasteiger partial charge in [0.15, 0.2) is 5.82 Å². The van der Waals surface area contributed by atoms with Gasteiger partial charge in [-0.05, 0) is 30.3 Å². The topological polar surface area (TPSA) is 85.8 Å². The zero-order valence-corrected chi connectivity index (χ0v) is 15.1. The molecule has 128 valence electrons. The molecule has 0 saturated carbocycles. The first-order valence-corrected chi connectivity index (χ1v) is 8.92. The molecular weight excluding hydrogens is 381 g/mol. The Morgan fingerprint density at radius 2 is 1.92 bits per heavy atom. The molecule has 3 rings (SSSR count). The highest BCUT2D eigenvalue weighted by molar-refractivity contribution is 7.99. The first-order chi connectivity index (χ1) is 12.0. The summed E-state index contributed by atoms with van der Waals surface area (Å²) in [6.07, 6.45) is 0. The summed E-state index contributed by atoms with van der Waals surface area (Å²) in [6.45, 7) is 0. The molecule has 1 heterocycles. The minimum Gasteiger partial charge on any atom is -0.335 e. The van der Waals surface area contributed by atoms with Gasteiger partial charge in [-0.2, -0.15) is 0 Å². The smallest absolute Gasteiger partial charge is 0.234 e. The lowest BCUT2D eigenvalue weighted by molar-refractivity contribution is -0.113. The van der Waals surface area contributed by atoms with Crippen molar-refractivity contribution in [2.24, 2.45) is 0 Å². The molecule has 0 aliphatic rings. The van der Waals surface area contributed by atoms with Crippen LogP contribution in [0.1, 0.15) is 0 Å². The highest BCUT2D eigenvalue weighted by Crippen LogP contribution is 2.30. The molecule has 0 unspecified atom stereocenters. The van der Waals surface area contributed by atoms with Gasteiger partial charge in [0.1, 0.15) is 0 Å². The summed E-state index contributed by atoms with van der Waals surface area (Å²) in [5.74, 6) is 6.39. The number of nitrogens with one attached hydrogen (secondary N) is 1. The lowest BCUT2D eigenvalue weighted by atomic mass is 10.2. The average Bonchev–Trinajstić information content (AvgIpc) is 2.97. The molecule has 1 aromatic heterocycles. The Labute approximate surface area is 158 Å². The van der Waals surface area contributed by atoms with E-state index in [0.29, 0.717) is 26.6 Å². The van der Waals surface area contributed by atoms with E-state index in [1.807, 2.05) is 30.3 Å². The maximum atomic E-state index is 12.0. The molecule has 0 atom stereocenters. The van der Waals surface area contributed by atoms with E-state index < -0.39 is 0 Å². The van der Waals surface area contributed by atoms with Gasteiger partial charge < -0.3 is 11.2 Å². The molecule has 3 aromatic rings. The second kappa shape index (κ2) is 7.77. The van der Waals surface area contributed by atoms with E-state index in [1.165, 1.54) is 16.4 Å². The van der Waals surface area contributed by atoms with Crippen LogP contribution < -0.4 is 11.2 Å². The quantitative estimate of drug-likeness (QED) is 0.509. The van der Waals surface area contributed by atoms with E-state index in [-0.39, 0.29) is 11.7 Å². The Morgan fingerprint density at radius 3 is 2.68 bits per heavy atom. The van der Waals surface area contributed by atoms with Crippen LogP contribution in [0.25, 0.3) is 11.4 Å². The van der Waals surface area contributed by atoms with Crippen molar-refractivity contribution in [2.75, 3.05) is 16.9 Å². The van der Waals surface area contributed by atoms with Crippen LogP contribution in [0.15, 0.2) is 53.7 Å². The number of carbonyl (C=O) groups excluding carboxylic acids is 1. The zero-order chi connectivity index (χ0) is 17.8. The van der Waals surface area contributed by atoms with Crippen molar-refractivity contribution in [3.05, 3.63) is 58.6 Å². The standard InChI is InChI=1S/C16H13Cl2N5OS/c17-10-6-7-13(18)12(8-10)15-21-22-16(23(15)19)25-9-14(24)20-11-4-2-1-3-5-11/h1-8H,9,19H2,(H,20,24). The third-order valence-corrected chi connectivity index (χ3v) is 4.73. The number of anilines is 1. The van der Waals surface area contributed by atoms with Gasteiger partial charge in [0.25, 0.3) is 0 Å². The van der Waals surface area contributed by atoms with Crippen LogP contribution in [-0.4, -0.2) is 26.5 Å². The molecule has 0 fully saturated rings. The Balaban J connectivity index is 1.69. The van der Waals surface area contributed by atoms with Gasteiger partial charge in [0, 0.05) is 16.3 Å². The maximum absolute atomic E-state index is 12.0. The fraction of sp³-hybridized carbons (Fsp3) is 0.0625. The summed E-state index contributed by atoms with van der Waals surface area (Å²) in [5.41, 5.74) is 1.30. The fourth-order valence-corrected chi connectivity index (χ4v) is 3.11. The van der Waals surface area contributed by atoms with Gasteiger partial charge in [-0.25, -0.2) is 4.68 Å². The summed E-state index contributed by atoms with van der Waals surface area (Å²) >= 11 is 13.3. The number of nitrogen functional groups attached to an aromatic ring is 1. The van der Waals surface area contributed by atoms with Crippen molar-refractivity contribution in [2.45, 2.75) is 5.16 Å². The van der Waals surface area contributed by atoms with Crippen LogP contribution in [-0.2, 0) is 4.79 Å². The van der Waals surface area contributed by atoms with Gasteiger partial charge in [0.05, 0.1) is 10.8 Å². The zero-order valence-electron chi connectivity index (χ0n) is 12.8. The molecule has 0 radical (unpaired) electrons. The van der Waals surface area contributed by atoms with Crippen LogP contribution in [0.2, 0.25) is 10.0 Å². The molecule has 0 aliphatic carbocycles. The van der Waals surface area contributed by atoms with E-state index in [2.05, 4.69) is 15.5 Å². The number of nitrogens with two attached hydrogens (primary N) is 1. The fourth-order valence-electron chi connectivity index (χ4n) is 2.08. The third kappa shape index (κ3) is 4.25. The molecule has 0 bridgehead atoms. The minimum absolute atomic E-state index is 0.146. The predicted molar refractivity (Wildman–Crippen MR) is 101 cm³/mol. The number of benzene rings is 2. The SMILES string of the molecule is Nn1c(SCC(=O)Nc2ccccc2)nnc1-c1cc(Cl)ccc1Cl. The number of rotatable bonds is 5. The molecule has 0 aliphatic heterocycles. The number of thioether (sulfide) groups is 1. The van der Waals surface area contributed by atoms with Gasteiger partial charge in [-0.1, -0.05) is 53.2 Å². The largest absolute Gasteiger partial charge is 0.335 e. The summed E-state index contributed by atoms with van der Waals surface area (Å²) in [6, 6.07) is 14.2. The van der Waals surface area contributed by atoms with Gasteiger partial charge >= 0.3 is 0 Å². The average molecular weight is 394 g/mol. The molecule has 9 heteroatoms. The van der Waals surface area contributed by atoms with Crippen molar-refractivity contribution < 1.29 is 4.79 Å². The van der Waals surface area contributed by atoms with Crippen molar-refractivity contribution in [1.82, 2.24) is 14.9 Å². The van der Waals surface area contributed by atoms with Crippen LogP contribution >= 0.6 is 35.0 Å². The highest BCUT2D eigenvalue weighted by Gasteiger charge is 2.16. The number of nitrogens with zero attached hydrogens (tertiary/aromatic N) is 3. The lowest BCUT2D eigenvalue weighted by Gasteiger charge is -2.06. The number of carbonyl (C=O) groups is 1. The van der Waals surface area contributed by atoms with E-state index in [0.717, 1.165) is 5.69 Å². The monoisotopic (exact) mass is 393 g/mol. The number of para-hydroxylation sites is 1. The molecular formula is C16H13Cl2N5OS. The number of amides is 1. The van der Waals surface area contributed by atoms with Crippen molar-refractivity contribution in [1.29, 1.82) is 0 Å². The summed E-state index contributed by atoms with van der Waals surface area (Å²) < 4.78 is 1.29. The Morgan fingerprint density at radius 1 is 1.16 bits per heavy atom. The number of hydrogen-bond acceptors (Lipinski definition) is 5. The van der Waals surface area contributed by atoms with Crippen molar-refractivity contribution in [3.8, 4) is 11.4 Å². The summed E-state index contributed by atoms with van der Waals surface area (Å²) in [7, 11) is 0. The third-order valence-electron chi connectivity index (χ3n) is 3.22. The predicted octanol–water partition coefficient (Wildman–Crippen LogP) is 3.70. The van der Waals surface area contributed by atoms with Gasteiger partial charge in [-0.3, -0.25) is 4.79 Å². The van der Waals surface area contributed by atoms with Crippen LogP contribution in [0, 0.1) is 0 Å². The minimum atomic E-state index is -0.165. The molecule has 25 heavy (non-hydrogen) atoms. The molecule has 2 aromatic carbocycles. The lowest BCUT2D eigenvalue weighted by Crippen LogP contribution is -2.16. The van der Waals surface area contributed by atoms with E-state index in [9.17, 15) is 4.79 Å². The molecule has 0 saturated heterocycles. The molecule has 1 amide bonds. The second-order valence-corrected chi connectivity index (χ2v) is 6.79. The van der Waals surface area contributed by atoms with Crippen molar-refractivity contribution in [3.63, 3.8) is 0 Å². The van der Waals surface area contributed by atoms with E-state index in [4.69, 9.17) is 29.0 Å². The van der Waals surface area contributed by atoms with E-state index >= 15 is 0 Å². The first-order valence-electron chi connectivity index (χ1n) is 7.18. The van der Waals surface area contributed by atoms with E-state index in [1.54, 1.807) is 18.2 Å². The number of halogens is 2. The molecule has 0 spiro atoms. The normalized spacial score (nSPS) is 10.6. The van der Waals surface area contributed by atoms with Gasteiger partial charge in [0.2, 0.25) is 11.1 Å².